The lowest BCUT2D eigenvalue weighted by atomic mass is 9.97. The molecule has 6 heteroatoms. The summed E-state index contributed by atoms with van der Waals surface area (Å²) in [6.45, 7) is 1.42. The lowest BCUT2D eigenvalue weighted by molar-refractivity contribution is -0.124. The highest BCUT2D eigenvalue weighted by molar-refractivity contribution is 5.89. The summed E-state index contributed by atoms with van der Waals surface area (Å²) >= 11 is 0. The Balaban J connectivity index is 1.96. The van der Waals surface area contributed by atoms with Crippen molar-refractivity contribution in [2.75, 3.05) is 25.0 Å². The molecule has 1 aromatic heterocycles. The molecule has 1 N–H and O–H groups in total. The molecule has 1 amide bonds. The highest BCUT2D eigenvalue weighted by atomic mass is 19.1. The van der Waals surface area contributed by atoms with Crippen LogP contribution in [0.5, 0.6) is 0 Å². The monoisotopic (exact) mass is 288 g/mol. The highest BCUT2D eigenvalue weighted by Gasteiger charge is 2.26. The van der Waals surface area contributed by atoms with Gasteiger partial charge < -0.3 is 10.2 Å². The minimum Gasteiger partial charge on any atom is -0.359 e. The van der Waals surface area contributed by atoms with Gasteiger partial charge in [-0.3, -0.25) is 4.79 Å². The topological polar surface area (TPSA) is 58.1 Å². The first-order valence-corrected chi connectivity index (χ1v) is 7.06. The molecule has 1 atom stereocenters. The summed E-state index contributed by atoms with van der Waals surface area (Å²) in [5.41, 5.74) is 0.712. The van der Waals surface area contributed by atoms with Crippen molar-refractivity contribution in [3.63, 3.8) is 0 Å². The quantitative estimate of drug-likeness (QED) is 0.914. The zero-order valence-electron chi connectivity index (χ0n) is 11.8. The zero-order valence-corrected chi connectivity index (χ0v) is 11.8. The number of piperidine rings is 1. The number of halogens is 1. The van der Waals surface area contributed by atoms with E-state index < -0.39 is 0 Å². The fraction of sp³-hybridized carbons (Fsp3) is 0.400. The summed E-state index contributed by atoms with van der Waals surface area (Å²) < 4.78 is 13.5. The van der Waals surface area contributed by atoms with E-state index in [9.17, 15) is 9.18 Å². The Bertz CT molecular complexity index is 676. The summed E-state index contributed by atoms with van der Waals surface area (Å²) in [5, 5.41) is 3.38. The predicted octanol–water partition coefficient (Wildman–Crippen LogP) is 1.73. The Morgan fingerprint density at radius 1 is 1.43 bits per heavy atom. The number of anilines is 1. The van der Waals surface area contributed by atoms with Gasteiger partial charge in [0, 0.05) is 25.5 Å². The van der Waals surface area contributed by atoms with Crippen LogP contribution < -0.4 is 10.2 Å². The molecule has 1 fully saturated rings. The molecule has 1 aliphatic rings. The maximum Gasteiger partial charge on any atom is 0.224 e. The first-order valence-electron chi connectivity index (χ1n) is 7.06. The van der Waals surface area contributed by atoms with Gasteiger partial charge in [-0.1, -0.05) is 0 Å². The van der Waals surface area contributed by atoms with Crippen LogP contribution in [0, 0.1) is 11.7 Å². The van der Waals surface area contributed by atoms with Crippen molar-refractivity contribution in [1.82, 2.24) is 15.3 Å². The average molecular weight is 288 g/mol. The molecule has 2 aromatic rings. The zero-order chi connectivity index (χ0) is 14.8. The van der Waals surface area contributed by atoms with Gasteiger partial charge in [-0.05, 0) is 31.0 Å². The van der Waals surface area contributed by atoms with E-state index in [1.807, 2.05) is 4.90 Å². The molecule has 1 saturated heterocycles. The van der Waals surface area contributed by atoms with Crippen molar-refractivity contribution in [2.24, 2.45) is 5.92 Å². The number of aromatic nitrogens is 2. The number of carbonyl (C=O) groups excluding carboxylic acids is 1. The maximum absolute atomic E-state index is 13.5. The third-order valence-corrected chi connectivity index (χ3v) is 3.91. The lowest BCUT2D eigenvalue weighted by Crippen LogP contribution is -2.42. The number of nitrogens with zero attached hydrogens (tertiary/aromatic N) is 3. The van der Waals surface area contributed by atoms with Crippen LogP contribution in [-0.4, -0.2) is 36.0 Å². The van der Waals surface area contributed by atoms with E-state index in [0.29, 0.717) is 23.3 Å². The summed E-state index contributed by atoms with van der Waals surface area (Å²) in [4.78, 5) is 22.4. The molecule has 0 saturated carbocycles. The molecule has 2 heterocycles. The van der Waals surface area contributed by atoms with Crippen LogP contribution in [-0.2, 0) is 4.79 Å². The number of rotatable bonds is 2. The van der Waals surface area contributed by atoms with E-state index in [4.69, 9.17) is 0 Å². The molecule has 0 aliphatic carbocycles. The van der Waals surface area contributed by atoms with Crippen molar-refractivity contribution in [2.45, 2.75) is 12.8 Å². The van der Waals surface area contributed by atoms with Crippen LogP contribution in [0.25, 0.3) is 10.9 Å². The number of nitrogens with one attached hydrogen (secondary N) is 1. The highest BCUT2D eigenvalue weighted by Crippen LogP contribution is 2.27. The summed E-state index contributed by atoms with van der Waals surface area (Å²) in [6, 6.07) is 4.49. The minimum absolute atomic E-state index is 0.0456. The fourth-order valence-corrected chi connectivity index (χ4v) is 2.85. The van der Waals surface area contributed by atoms with E-state index >= 15 is 0 Å². The Hall–Kier alpha value is -2.24. The van der Waals surface area contributed by atoms with Crippen LogP contribution >= 0.6 is 0 Å². The second kappa shape index (κ2) is 5.63. The molecule has 0 radical (unpaired) electrons. The number of amides is 1. The average Bonchev–Trinajstić information content (AvgIpc) is 2.53. The lowest BCUT2D eigenvalue weighted by Gasteiger charge is -2.33. The number of hydrogen-bond acceptors (Lipinski definition) is 4. The molecule has 1 unspecified atom stereocenters. The summed E-state index contributed by atoms with van der Waals surface area (Å²) in [6.07, 6.45) is 3.27. The SMILES string of the molecule is CNC(=O)C1CCCN(c2ncnc3ccc(F)cc23)C1. The minimum atomic E-state index is -0.307. The van der Waals surface area contributed by atoms with Gasteiger partial charge in [0.05, 0.1) is 11.4 Å². The molecular formula is C15H17FN4O. The molecule has 21 heavy (non-hydrogen) atoms. The predicted molar refractivity (Wildman–Crippen MR) is 78.5 cm³/mol. The van der Waals surface area contributed by atoms with Gasteiger partial charge in [0.1, 0.15) is 18.0 Å². The normalized spacial score (nSPS) is 18.8. The van der Waals surface area contributed by atoms with Crippen LogP contribution in [0.2, 0.25) is 0 Å². The molecule has 0 spiro atoms. The van der Waals surface area contributed by atoms with E-state index in [2.05, 4.69) is 15.3 Å². The van der Waals surface area contributed by atoms with Crippen LogP contribution in [0.15, 0.2) is 24.5 Å². The van der Waals surface area contributed by atoms with Gasteiger partial charge in [0.2, 0.25) is 5.91 Å². The Morgan fingerprint density at radius 3 is 3.10 bits per heavy atom. The van der Waals surface area contributed by atoms with Gasteiger partial charge >= 0.3 is 0 Å². The standard InChI is InChI=1S/C15H17FN4O/c1-17-15(21)10-3-2-6-20(8-10)14-12-7-11(16)4-5-13(12)18-9-19-14/h4-5,7,9-10H,2-3,6,8H2,1H3,(H,17,21). The second-order valence-corrected chi connectivity index (χ2v) is 5.26. The molecule has 0 bridgehead atoms. The van der Waals surface area contributed by atoms with Crippen LogP contribution in [0.1, 0.15) is 12.8 Å². The molecule has 5 nitrogen and oxygen atoms in total. The van der Waals surface area contributed by atoms with E-state index in [1.165, 1.54) is 18.5 Å². The van der Waals surface area contributed by atoms with Crippen LogP contribution in [0.4, 0.5) is 10.2 Å². The number of fused-ring (bicyclic) bond motifs is 1. The molecule has 1 aliphatic heterocycles. The van der Waals surface area contributed by atoms with Gasteiger partial charge in [0.25, 0.3) is 0 Å². The van der Waals surface area contributed by atoms with E-state index in [-0.39, 0.29) is 17.6 Å². The Labute approximate surface area is 122 Å². The van der Waals surface area contributed by atoms with Gasteiger partial charge in [-0.15, -0.1) is 0 Å². The van der Waals surface area contributed by atoms with Crippen molar-refractivity contribution < 1.29 is 9.18 Å². The third-order valence-electron chi connectivity index (χ3n) is 3.91. The summed E-state index contributed by atoms with van der Waals surface area (Å²) in [5.74, 6) is 0.387. The van der Waals surface area contributed by atoms with E-state index in [1.54, 1.807) is 13.1 Å². The van der Waals surface area contributed by atoms with Crippen molar-refractivity contribution >= 4 is 22.6 Å². The largest absolute Gasteiger partial charge is 0.359 e. The molecule has 1 aromatic carbocycles. The molecule has 110 valence electrons. The van der Waals surface area contributed by atoms with Crippen molar-refractivity contribution in [1.29, 1.82) is 0 Å². The van der Waals surface area contributed by atoms with E-state index in [0.717, 1.165) is 19.4 Å². The number of benzene rings is 1. The van der Waals surface area contributed by atoms with Gasteiger partial charge in [-0.2, -0.15) is 0 Å². The number of hydrogen-bond donors (Lipinski definition) is 1. The second-order valence-electron chi connectivity index (χ2n) is 5.26. The fourth-order valence-electron chi connectivity index (χ4n) is 2.85. The van der Waals surface area contributed by atoms with Gasteiger partial charge in [0.15, 0.2) is 0 Å². The first kappa shape index (κ1) is 13.7. The Kier molecular flexibility index (Phi) is 3.68. The molecular weight excluding hydrogens is 271 g/mol. The maximum atomic E-state index is 13.5. The van der Waals surface area contributed by atoms with Crippen molar-refractivity contribution in [3.8, 4) is 0 Å². The van der Waals surface area contributed by atoms with Crippen molar-refractivity contribution in [3.05, 3.63) is 30.3 Å². The number of carbonyl (C=O) groups is 1. The van der Waals surface area contributed by atoms with Crippen LogP contribution in [0.3, 0.4) is 0 Å². The van der Waals surface area contributed by atoms with Gasteiger partial charge in [-0.25, -0.2) is 14.4 Å². The summed E-state index contributed by atoms with van der Waals surface area (Å²) in [7, 11) is 1.65. The molecule has 3 rings (SSSR count). The third kappa shape index (κ3) is 2.66. The smallest absolute Gasteiger partial charge is 0.224 e. The first-order chi connectivity index (χ1) is 10.2. The Morgan fingerprint density at radius 2 is 2.29 bits per heavy atom.